The lowest BCUT2D eigenvalue weighted by Gasteiger charge is -2.14. The topological polar surface area (TPSA) is 20.2 Å². The lowest BCUT2D eigenvalue weighted by molar-refractivity contribution is -0.140. The van der Waals surface area contributed by atoms with Crippen LogP contribution in [-0.2, 0) is 6.18 Å². The van der Waals surface area contributed by atoms with Crippen molar-refractivity contribution in [1.29, 1.82) is 0 Å². The van der Waals surface area contributed by atoms with Crippen LogP contribution in [0.25, 0.3) is 0 Å². The molecule has 1 N–H and O–H groups in total. The molecule has 0 spiro atoms. The van der Waals surface area contributed by atoms with E-state index in [1.165, 1.54) is 6.07 Å². The molecule has 1 nitrogen and oxygen atoms in total. The molecule has 1 aromatic carbocycles. The number of benzene rings is 1. The molecule has 8 heteroatoms. The number of rotatable bonds is 2. The van der Waals surface area contributed by atoms with E-state index in [0.29, 0.717) is 14.9 Å². The zero-order valence-corrected chi connectivity index (χ0v) is 12.7. The number of alkyl halides is 3. The van der Waals surface area contributed by atoms with Crippen molar-refractivity contribution < 1.29 is 22.7 Å². The molecule has 0 fully saturated rings. The van der Waals surface area contributed by atoms with E-state index in [1.54, 1.807) is 0 Å². The van der Waals surface area contributed by atoms with Crippen molar-refractivity contribution in [1.82, 2.24) is 0 Å². The van der Waals surface area contributed by atoms with Crippen molar-refractivity contribution in [2.45, 2.75) is 12.3 Å². The third-order valence-corrected chi connectivity index (χ3v) is 5.09. The quantitative estimate of drug-likeness (QED) is 0.682. The second kappa shape index (κ2) is 5.63. The fourth-order valence-electron chi connectivity index (χ4n) is 1.63. The molecule has 1 atom stereocenters. The molecule has 2 rings (SSSR count). The van der Waals surface area contributed by atoms with Crippen LogP contribution in [0.4, 0.5) is 17.6 Å². The molecule has 0 saturated heterocycles. The van der Waals surface area contributed by atoms with Crippen molar-refractivity contribution >= 4 is 38.9 Å². The fourth-order valence-corrected chi connectivity index (χ4v) is 3.37. The molecule has 0 aliphatic carbocycles. The second-order valence-corrected chi connectivity index (χ2v) is 6.42. The molecule has 0 radical (unpaired) electrons. The summed E-state index contributed by atoms with van der Waals surface area (Å²) < 4.78 is 52.6. The SMILES string of the molecule is OC(c1cc(Br)c(Cl)s1)c1cccc(C(F)(F)F)c1F. The summed E-state index contributed by atoms with van der Waals surface area (Å²) in [6.07, 6.45) is -6.32. The molecule has 0 saturated carbocycles. The van der Waals surface area contributed by atoms with Crippen molar-refractivity contribution in [3.8, 4) is 0 Å². The maximum absolute atomic E-state index is 13.9. The van der Waals surface area contributed by atoms with Gasteiger partial charge in [0.25, 0.3) is 0 Å². The highest BCUT2D eigenvalue weighted by molar-refractivity contribution is 9.10. The van der Waals surface area contributed by atoms with Gasteiger partial charge in [-0.1, -0.05) is 23.7 Å². The highest BCUT2D eigenvalue weighted by Gasteiger charge is 2.36. The maximum atomic E-state index is 13.9. The van der Waals surface area contributed by atoms with Gasteiger partial charge in [-0.2, -0.15) is 13.2 Å². The molecule has 0 bridgehead atoms. The molecule has 0 aliphatic rings. The van der Waals surface area contributed by atoms with E-state index in [0.717, 1.165) is 23.5 Å². The van der Waals surface area contributed by atoms with Crippen LogP contribution < -0.4 is 0 Å². The molecule has 1 unspecified atom stereocenters. The number of thiophene rings is 1. The smallest absolute Gasteiger partial charge is 0.383 e. The van der Waals surface area contributed by atoms with Gasteiger partial charge < -0.3 is 5.11 Å². The summed E-state index contributed by atoms with van der Waals surface area (Å²) in [7, 11) is 0. The number of hydrogen-bond acceptors (Lipinski definition) is 2. The minimum atomic E-state index is -4.81. The van der Waals surface area contributed by atoms with Crippen LogP contribution in [0.2, 0.25) is 4.34 Å². The number of aliphatic hydroxyl groups excluding tert-OH is 1. The standard InChI is InChI=1S/C12H6BrClF4OS/c13-7-4-8(20-11(7)14)10(19)5-2-1-3-6(9(5)15)12(16,17)18/h1-4,10,19H. The Morgan fingerprint density at radius 2 is 1.95 bits per heavy atom. The number of aliphatic hydroxyl groups is 1. The first-order valence-corrected chi connectivity index (χ1v) is 7.19. The summed E-state index contributed by atoms with van der Waals surface area (Å²) in [6.45, 7) is 0. The van der Waals surface area contributed by atoms with Gasteiger partial charge in [0, 0.05) is 14.9 Å². The van der Waals surface area contributed by atoms with Crippen molar-refractivity contribution in [3.63, 3.8) is 0 Å². The Bertz CT molecular complexity index is 621. The van der Waals surface area contributed by atoms with Crippen LogP contribution in [0.1, 0.15) is 22.1 Å². The Kier molecular flexibility index (Phi) is 4.44. The van der Waals surface area contributed by atoms with Crippen LogP contribution in [0.15, 0.2) is 28.7 Å². The van der Waals surface area contributed by atoms with Gasteiger partial charge in [-0.15, -0.1) is 11.3 Å². The average Bonchev–Trinajstić information content (AvgIpc) is 2.67. The summed E-state index contributed by atoms with van der Waals surface area (Å²) in [5.41, 5.74) is -1.85. The predicted octanol–water partition coefficient (Wildman–Crippen LogP) is 5.40. The van der Waals surface area contributed by atoms with Gasteiger partial charge >= 0.3 is 6.18 Å². The van der Waals surface area contributed by atoms with Crippen LogP contribution in [0.5, 0.6) is 0 Å². The van der Waals surface area contributed by atoms with E-state index in [9.17, 15) is 22.7 Å². The Morgan fingerprint density at radius 3 is 2.45 bits per heavy atom. The highest BCUT2D eigenvalue weighted by Crippen LogP contribution is 2.40. The third kappa shape index (κ3) is 3.00. The van der Waals surface area contributed by atoms with E-state index in [4.69, 9.17) is 11.6 Å². The molecule has 0 amide bonds. The molecular formula is C12H6BrClF4OS. The Balaban J connectivity index is 2.48. The zero-order chi connectivity index (χ0) is 15.1. The first-order chi connectivity index (χ1) is 9.21. The van der Waals surface area contributed by atoms with Crippen LogP contribution in [-0.4, -0.2) is 5.11 Å². The molecular weight excluding hydrogens is 384 g/mol. The Morgan fingerprint density at radius 1 is 1.30 bits per heavy atom. The normalized spacial score (nSPS) is 13.6. The molecule has 20 heavy (non-hydrogen) atoms. The summed E-state index contributed by atoms with van der Waals surface area (Å²) in [6, 6.07) is 4.23. The van der Waals surface area contributed by atoms with Gasteiger partial charge in [0.1, 0.15) is 16.3 Å². The van der Waals surface area contributed by atoms with Crippen LogP contribution in [0.3, 0.4) is 0 Å². The third-order valence-electron chi connectivity index (χ3n) is 2.56. The first-order valence-electron chi connectivity index (χ1n) is 5.20. The molecule has 108 valence electrons. The Labute approximate surface area is 128 Å². The summed E-state index contributed by atoms with van der Waals surface area (Å²) >= 11 is 9.87. The van der Waals surface area contributed by atoms with E-state index in [1.807, 2.05) is 0 Å². The van der Waals surface area contributed by atoms with Gasteiger partial charge in [0.15, 0.2) is 0 Å². The van der Waals surface area contributed by atoms with E-state index >= 15 is 0 Å². The number of hydrogen-bond donors (Lipinski definition) is 1. The van der Waals surface area contributed by atoms with Gasteiger partial charge in [-0.05, 0) is 28.1 Å². The number of halogens is 6. The lowest BCUT2D eigenvalue weighted by Crippen LogP contribution is -2.11. The minimum absolute atomic E-state index is 0.250. The lowest BCUT2D eigenvalue weighted by atomic mass is 10.0. The largest absolute Gasteiger partial charge is 0.419 e. The van der Waals surface area contributed by atoms with Crippen molar-refractivity contribution in [3.05, 3.63) is 54.9 Å². The van der Waals surface area contributed by atoms with Gasteiger partial charge in [-0.3, -0.25) is 0 Å². The minimum Gasteiger partial charge on any atom is -0.383 e. The van der Waals surface area contributed by atoms with E-state index in [-0.39, 0.29) is 4.88 Å². The molecule has 1 aromatic heterocycles. The fraction of sp³-hybridized carbons (Fsp3) is 0.167. The summed E-state index contributed by atoms with van der Waals surface area (Å²) in [5, 5.41) is 10.0. The van der Waals surface area contributed by atoms with E-state index in [2.05, 4.69) is 15.9 Å². The van der Waals surface area contributed by atoms with Crippen molar-refractivity contribution in [2.24, 2.45) is 0 Å². The first kappa shape index (κ1) is 15.8. The predicted molar refractivity (Wildman–Crippen MR) is 72.5 cm³/mol. The summed E-state index contributed by atoms with van der Waals surface area (Å²) in [4.78, 5) is 0.250. The van der Waals surface area contributed by atoms with Crippen LogP contribution in [0, 0.1) is 5.82 Å². The van der Waals surface area contributed by atoms with Gasteiger partial charge in [0.05, 0.1) is 5.56 Å². The molecule has 0 aliphatic heterocycles. The molecule has 1 heterocycles. The van der Waals surface area contributed by atoms with Crippen LogP contribution >= 0.6 is 38.9 Å². The highest BCUT2D eigenvalue weighted by atomic mass is 79.9. The maximum Gasteiger partial charge on any atom is 0.419 e. The van der Waals surface area contributed by atoms with Gasteiger partial charge in [-0.25, -0.2) is 4.39 Å². The average molecular weight is 390 g/mol. The monoisotopic (exact) mass is 388 g/mol. The second-order valence-electron chi connectivity index (χ2n) is 3.88. The Hall–Kier alpha value is -0.630. The van der Waals surface area contributed by atoms with E-state index < -0.39 is 29.2 Å². The zero-order valence-electron chi connectivity index (χ0n) is 9.51. The van der Waals surface area contributed by atoms with Crippen molar-refractivity contribution in [2.75, 3.05) is 0 Å². The molecule has 2 aromatic rings. The summed E-state index contributed by atoms with van der Waals surface area (Å²) in [5.74, 6) is -1.48. The van der Waals surface area contributed by atoms with Gasteiger partial charge in [0.2, 0.25) is 0 Å².